The second-order valence-corrected chi connectivity index (χ2v) is 12.0. The first-order valence-electron chi connectivity index (χ1n) is 14.7. The van der Waals surface area contributed by atoms with E-state index in [1.165, 1.54) is 23.0 Å². The molecule has 1 aromatic heterocycles. The number of nitrogens with zero attached hydrogens (tertiary/aromatic N) is 4. The molecule has 1 aliphatic carbocycles. The molecule has 2 aromatic carbocycles. The molecule has 2 atom stereocenters. The van der Waals surface area contributed by atoms with Crippen molar-refractivity contribution in [2.45, 2.75) is 57.2 Å². The van der Waals surface area contributed by atoms with Crippen molar-refractivity contribution in [2.24, 2.45) is 5.41 Å². The van der Waals surface area contributed by atoms with E-state index in [1.807, 2.05) is 28.0 Å². The van der Waals surface area contributed by atoms with Gasteiger partial charge in [0.05, 0.1) is 30.2 Å². The highest BCUT2D eigenvalue weighted by Crippen LogP contribution is 2.51. The summed E-state index contributed by atoms with van der Waals surface area (Å²) in [5.41, 5.74) is 0.419. The Morgan fingerprint density at radius 3 is 2.61 bits per heavy atom. The Bertz CT molecular complexity index is 1450. The summed E-state index contributed by atoms with van der Waals surface area (Å²) >= 11 is 0. The molecule has 8 nitrogen and oxygen atoms in total. The van der Waals surface area contributed by atoms with Crippen LogP contribution in [0.25, 0.3) is 11.3 Å². The first-order valence-corrected chi connectivity index (χ1v) is 14.7. The third kappa shape index (κ3) is 5.06. The number of carbonyl (C=O) groups excluding carboxylic acids is 1. The van der Waals surface area contributed by atoms with Crippen LogP contribution in [-0.4, -0.2) is 68.8 Å². The molecule has 0 bridgehead atoms. The van der Waals surface area contributed by atoms with Gasteiger partial charge in [-0.15, -0.1) is 0 Å². The van der Waals surface area contributed by atoms with Gasteiger partial charge in [-0.1, -0.05) is 55.3 Å². The maximum atomic E-state index is 14.5. The number of halogens is 1. The summed E-state index contributed by atoms with van der Waals surface area (Å²) in [6.07, 6.45) is 5.35. The van der Waals surface area contributed by atoms with Crippen molar-refractivity contribution in [3.05, 3.63) is 88.2 Å². The van der Waals surface area contributed by atoms with Crippen LogP contribution in [0.15, 0.2) is 65.7 Å². The molecule has 3 aliphatic rings. The van der Waals surface area contributed by atoms with E-state index in [0.717, 1.165) is 37.8 Å². The molecular weight excluding hydrogens is 521 g/mol. The fourth-order valence-corrected chi connectivity index (χ4v) is 7.27. The fourth-order valence-electron chi connectivity index (χ4n) is 7.27. The Hall–Kier alpha value is -3.56. The lowest BCUT2D eigenvalue weighted by Gasteiger charge is -2.53. The van der Waals surface area contributed by atoms with Gasteiger partial charge in [-0.2, -0.15) is 0 Å². The van der Waals surface area contributed by atoms with Crippen LogP contribution in [0.1, 0.15) is 49.3 Å². The average Bonchev–Trinajstić information content (AvgIpc) is 3.46. The van der Waals surface area contributed by atoms with Gasteiger partial charge in [-0.05, 0) is 43.4 Å². The van der Waals surface area contributed by atoms with Crippen molar-refractivity contribution >= 4 is 6.03 Å². The molecule has 9 heteroatoms. The molecule has 2 aliphatic heterocycles. The number of piperidine rings is 1. The number of hydrogen-bond donors (Lipinski definition) is 2. The number of hydrogen-bond acceptors (Lipinski definition) is 5. The van der Waals surface area contributed by atoms with Crippen molar-refractivity contribution in [2.75, 3.05) is 32.7 Å². The lowest BCUT2D eigenvalue weighted by atomic mass is 9.66. The smallest absolute Gasteiger partial charge is 0.320 e. The summed E-state index contributed by atoms with van der Waals surface area (Å²) in [5, 5.41) is 15.6. The van der Waals surface area contributed by atoms with Crippen LogP contribution in [0.2, 0.25) is 0 Å². The Balaban J connectivity index is 1.24. The van der Waals surface area contributed by atoms with Crippen molar-refractivity contribution < 1.29 is 14.3 Å². The van der Waals surface area contributed by atoms with Crippen molar-refractivity contribution in [3.8, 4) is 11.3 Å². The van der Waals surface area contributed by atoms with Gasteiger partial charge in [0.25, 0.3) is 5.56 Å². The third-order valence-corrected chi connectivity index (χ3v) is 9.57. The number of amides is 2. The molecule has 6 rings (SSSR count). The molecule has 2 N–H and O–H groups in total. The van der Waals surface area contributed by atoms with E-state index in [4.69, 9.17) is 0 Å². The molecule has 3 fully saturated rings. The van der Waals surface area contributed by atoms with Crippen LogP contribution >= 0.6 is 0 Å². The minimum absolute atomic E-state index is 0.0112. The molecule has 2 saturated heterocycles. The molecule has 1 saturated carbocycles. The van der Waals surface area contributed by atoms with Crippen LogP contribution in [0, 0.1) is 18.2 Å². The zero-order chi connectivity index (χ0) is 28.6. The first-order chi connectivity index (χ1) is 19.8. The topological polar surface area (TPSA) is 90.7 Å². The third-order valence-electron chi connectivity index (χ3n) is 9.57. The number of aryl methyl sites for hydroxylation is 1. The number of likely N-dealkylation sites (tertiary alicyclic amines) is 1. The van der Waals surface area contributed by atoms with Crippen molar-refractivity contribution in [3.63, 3.8) is 0 Å². The molecule has 3 aromatic rings. The molecule has 2 unspecified atom stereocenters. The van der Waals surface area contributed by atoms with E-state index in [1.54, 1.807) is 19.1 Å². The Morgan fingerprint density at radius 1 is 1.10 bits per heavy atom. The highest BCUT2D eigenvalue weighted by atomic mass is 19.1. The summed E-state index contributed by atoms with van der Waals surface area (Å²) in [4.78, 5) is 35.5. The Morgan fingerprint density at radius 2 is 1.88 bits per heavy atom. The fraction of sp³-hybridized carbons (Fsp3) is 0.469. The second kappa shape index (κ2) is 11.0. The minimum Gasteiger partial charge on any atom is -0.387 e. The second-order valence-electron chi connectivity index (χ2n) is 12.0. The molecule has 2 amide bonds. The number of rotatable bonds is 4. The van der Waals surface area contributed by atoms with Crippen LogP contribution in [-0.2, 0) is 6.54 Å². The predicted molar refractivity (Wildman–Crippen MR) is 155 cm³/mol. The summed E-state index contributed by atoms with van der Waals surface area (Å²) < 4.78 is 16.0. The van der Waals surface area contributed by atoms with E-state index in [2.05, 4.69) is 22.4 Å². The van der Waals surface area contributed by atoms with Crippen LogP contribution in [0.3, 0.4) is 0 Å². The number of piperazine rings is 1. The quantitative estimate of drug-likeness (QED) is 0.502. The number of benzene rings is 2. The minimum atomic E-state index is -1.16. The van der Waals surface area contributed by atoms with Gasteiger partial charge in [0.15, 0.2) is 0 Å². The summed E-state index contributed by atoms with van der Waals surface area (Å²) in [5.74, 6) is -0.422. The Kier molecular flexibility index (Phi) is 7.42. The van der Waals surface area contributed by atoms with E-state index in [-0.39, 0.29) is 29.9 Å². The lowest BCUT2D eigenvalue weighted by molar-refractivity contribution is -0.137. The Labute approximate surface area is 239 Å². The summed E-state index contributed by atoms with van der Waals surface area (Å²) in [6, 6.07) is 16.2. The van der Waals surface area contributed by atoms with Crippen LogP contribution < -0.4 is 10.9 Å². The number of nitrogens with one attached hydrogen (secondary N) is 1. The summed E-state index contributed by atoms with van der Waals surface area (Å²) in [7, 11) is 0. The zero-order valence-corrected chi connectivity index (χ0v) is 23.6. The number of aliphatic hydroxyl groups is 1. The lowest BCUT2D eigenvalue weighted by Crippen LogP contribution is -2.64. The van der Waals surface area contributed by atoms with Gasteiger partial charge in [0.2, 0.25) is 0 Å². The van der Waals surface area contributed by atoms with Gasteiger partial charge in [0, 0.05) is 49.8 Å². The maximum absolute atomic E-state index is 14.5. The summed E-state index contributed by atoms with van der Waals surface area (Å²) in [6.45, 7) is 4.83. The highest BCUT2D eigenvalue weighted by Gasteiger charge is 2.56. The molecule has 216 valence electrons. The predicted octanol–water partition coefficient (Wildman–Crippen LogP) is 4.12. The van der Waals surface area contributed by atoms with Crippen LogP contribution in [0.4, 0.5) is 9.18 Å². The van der Waals surface area contributed by atoms with E-state index in [0.29, 0.717) is 43.7 Å². The number of urea groups is 1. The van der Waals surface area contributed by atoms with Gasteiger partial charge in [-0.3, -0.25) is 9.36 Å². The average molecular weight is 560 g/mol. The number of carbonyl (C=O) groups is 1. The van der Waals surface area contributed by atoms with Gasteiger partial charge < -0.3 is 20.2 Å². The van der Waals surface area contributed by atoms with Gasteiger partial charge in [-0.25, -0.2) is 14.2 Å². The van der Waals surface area contributed by atoms with Crippen molar-refractivity contribution in [1.82, 2.24) is 24.7 Å². The molecule has 3 heterocycles. The van der Waals surface area contributed by atoms with Gasteiger partial charge >= 0.3 is 6.03 Å². The largest absolute Gasteiger partial charge is 0.387 e. The normalized spacial score (nSPS) is 24.1. The molecule has 0 radical (unpaired) electrons. The van der Waals surface area contributed by atoms with E-state index >= 15 is 0 Å². The van der Waals surface area contributed by atoms with E-state index < -0.39 is 16.8 Å². The van der Waals surface area contributed by atoms with Crippen molar-refractivity contribution in [1.29, 1.82) is 0 Å². The molecule has 41 heavy (non-hydrogen) atoms. The van der Waals surface area contributed by atoms with E-state index in [9.17, 15) is 19.1 Å². The first kappa shape index (κ1) is 27.6. The standard InChI is InChI=1S/C32H38FN5O3/c1-23-8-7-11-25(33)29(23)26-18-28(39)37(22-35-26)21-32(41)14-16-36(20-31(32)12-5-6-13-31)30(40)38-17-15-34-19-27(38)24-9-3-2-4-10-24/h2-4,7-11,18,22,27,34,41H,5-6,12-17,19-21H2,1H3. The zero-order valence-electron chi connectivity index (χ0n) is 23.6. The highest BCUT2D eigenvalue weighted by molar-refractivity contribution is 5.75. The monoisotopic (exact) mass is 559 g/mol. The maximum Gasteiger partial charge on any atom is 0.320 e. The molecular formula is C32H38FN5O3. The van der Waals surface area contributed by atoms with Crippen LogP contribution in [0.5, 0.6) is 0 Å². The molecule has 1 spiro atoms. The number of aromatic nitrogens is 2. The SMILES string of the molecule is Cc1cccc(F)c1-c1cc(=O)n(CC2(O)CCN(C(=O)N3CCNCC3c3ccccc3)CC23CCCC3)cn1. The van der Waals surface area contributed by atoms with Gasteiger partial charge in [0.1, 0.15) is 5.82 Å².